The van der Waals surface area contributed by atoms with Crippen LogP contribution in [0.5, 0.6) is 0 Å². The lowest BCUT2D eigenvalue weighted by Gasteiger charge is -2.07. The number of aryl methyl sites for hydroxylation is 1. The summed E-state index contributed by atoms with van der Waals surface area (Å²) in [4.78, 5) is 12.6. The van der Waals surface area contributed by atoms with E-state index in [1.54, 1.807) is 12.4 Å². The van der Waals surface area contributed by atoms with Crippen LogP contribution < -0.4 is 17.1 Å². The van der Waals surface area contributed by atoms with E-state index in [-0.39, 0.29) is 6.73 Å². The number of rotatable bonds is 4. The van der Waals surface area contributed by atoms with E-state index in [2.05, 4.69) is 15.0 Å². The monoisotopic (exact) mass is 243 g/mol. The molecule has 0 saturated carbocycles. The maximum absolute atomic E-state index is 5.88. The van der Waals surface area contributed by atoms with Crippen molar-refractivity contribution in [3.63, 3.8) is 0 Å². The quantitative estimate of drug-likeness (QED) is 0.546. The lowest BCUT2D eigenvalue weighted by Crippen LogP contribution is -2.25. The first kappa shape index (κ1) is 12.5. The fourth-order valence-corrected chi connectivity index (χ4v) is 1.64. The molecule has 2 heterocycles. The van der Waals surface area contributed by atoms with Gasteiger partial charge in [0.25, 0.3) is 0 Å². The first-order valence-corrected chi connectivity index (χ1v) is 5.53. The molecule has 6 nitrogen and oxygen atoms in total. The normalized spacial score (nSPS) is 10.3. The van der Waals surface area contributed by atoms with Crippen LogP contribution in [0.2, 0.25) is 0 Å². The van der Waals surface area contributed by atoms with Crippen molar-refractivity contribution < 1.29 is 4.65 Å². The highest BCUT2D eigenvalue weighted by atomic mass is 16.4. The smallest absolute Gasteiger partial charge is 0.330 e. The minimum atomic E-state index is 0.162. The number of hydrogen-bond donors (Lipinski definition) is 2. The Morgan fingerprint density at radius 3 is 2.94 bits per heavy atom. The van der Waals surface area contributed by atoms with Crippen LogP contribution in [0.3, 0.4) is 0 Å². The topological polar surface area (TPSA) is 99.9 Å². The van der Waals surface area contributed by atoms with Gasteiger partial charge in [-0.2, -0.15) is 0 Å². The molecule has 0 aromatic carbocycles. The average Bonchev–Trinajstić information content (AvgIpc) is 2.36. The Morgan fingerprint density at radius 2 is 2.22 bits per heavy atom. The Bertz CT molecular complexity index is 549. The van der Waals surface area contributed by atoms with Crippen molar-refractivity contribution >= 4 is 18.8 Å². The molecule has 0 aliphatic heterocycles. The van der Waals surface area contributed by atoms with E-state index in [0.29, 0.717) is 19.0 Å². The molecule has 4 N–H and O–H groups in total. The number of aromatic nitrogens is 3. The van der Waals surface area contributed by atoms with Crippen molar-refractivity contribution in [1.82, 2.24) is 15.0 Å². The van der Waals surface area contributed by atoms with Gasteiger partial charge in [0.15, 0.2) is 0 Å². The molecular formula is C11H14BN5O. The van der Waals surface area contributed by atoms with Crippen molar-refractivity contribution in [2.75, 3.05) is 12.5 Å². The van der Waals surface area contributed by atoms with E-state index in [4.69, 9.17) is 16.1 Å². The summed E-state index contributed by atoms with van der Waals surface area (Å²) < 4.78 is 5.14. The molecule has 0 saturated heterocycles. The second kappa shape index (κ2) is 5.57. The van der Waals surface area contributed by atoms with Crippen molar-refractivity contribution in [3.8, 4) is 11.3 Å². The van der Waals surface area contributed by atoms with Crippen LogP contribution >= 0.6 is 0 Å². The summed E-state index contributed by atoms with van der Waals surface area (Å²) in [5.74, 6) is 0.666. The highest BCUT2D eigenvalue weighted by Crippen LogP contribution is 2.21. The number of pyridine rings is 1. The van der Waals surface area contributed by atoms with Gasteiger partial charge in [0.05, 0.1) is 24.3 Å². The number of nitrogen functional groups attached to an aromatic ring is 1. The van der Waals surface area contributed by atoms with Crippen molar-refractivity contribution in [3.05, 3.63) is 30.4 Å². The Hall–Kier alpha value is -1.99. The van der Waals surface area contributed by atoms with Gasteiger partial charge in [-0.25, -0.2) is 9.97 Å². The molecule has 0 aliphatic carbocycles. The Balaban J connectivity index is 2.39. The van der Waals surface area contributed by atoms with E-state index in [0.717, 1.165) is 16.9 Å². The molecule has 7 heteroatoms. The maximum atomic E-state index is 5.88. The summed E-state index contributed by atoms with van der Waals surface area (Å²) >= 11 is 0. The molecule has 92 valence electrons. The minimum Gasteiger partial charge on any atom is -0.421 e. The molecule has 2 aromatic heterocycles. The average molecular weight is 243 g/mol. The van der Waals surface area contributed by atoms with Crippen molar-refractivity contribution in [2.45, 2.75) is 6.92 Å². The molecule has 18 heavy (non-hydrogen) atoms. The fraction of sp³-hybridized carbons (Fsp3) is 0.182. The molecule has 0 bridgehead atoms. The highest BCUT2D eigenvalue weighted by molar-refractivity contribution is 6.45. The lowest BCUT2D eigenvalue weighted by atomic mass is 9.93. The summed E-state index contributed by atoms with van der Waals surface area (Å²) in [6, 6.07) is 3.67. The first-order valence-electron chi connectivity index (χ1n) is 5.53. The lowest BCUT2D eigenvalue weighted by molar-refractivity contribution is 0.355. The van der Waals surface area contributed by atoms with E-state index < -0.39 is 0 Å². The number of nitrogens with two attached hydrogens (primary N) is 2. The summed E-state index contributed by atoms with van der Waals surface area (Å²) in [5, 5.41) is 0. The molecule has 0 radical (unpaired) electrons. The predicted molar refractivity (Wildman–Crippen MR) is 71.3 cm³/mol. The summed E-state index contributed by atoms with van der Waals surface area (Å²) in [7, 11) is 0.359. The Kier molecular flexibility index (Phi) is 3.86. The Labute approximate surface area is 106 Å². The van der Waals surface area contributed by atoms with Crippen molar-refractivity contribution in [1.29, 1.82) is 0 Å². The molecule has 2 rings (SSSR count). The highest BCUT2D eigenvalue weighted by Gasteiger charge is 2.08. The maximum Gasteiger partial charge on any atom is 0.330 e. The van der Waals surface area contributed by atoms with Gasteiger partial charge in [-0.05, 0) is 19.1 Å². The van der Waals surface area contributed by atoms with Gasteiger partial charge in [0.1, 0.15) is 5.82 Å². The summed E-state index contributed by atoms with van der Waals surface area (Å²) in [6.45, 7) is 1.99. The van der Waals surface area contributed by atoms with Crippen LogP contribution in [-0.4, -0.2) is 29.2 Å². The third-order valence-corrected chi connectivity index (χ3v) is 2.39. The van der Waals surface area contributed by atoms with Gasteiger partial charge in [-0.15, -0.1) is 0 Å². The summed E-state index contributed by atoms with van der Waals surface area (Å²) in [5.41, 5.74) is 14.1. The third kappa shape index (κ3) is 2.82. The SMILES string of the molecule is Cc1nc(BOCN)cc(-c2ccncc2N)n1. The zero-order valence-corrected chi connectivity index (χ0v) is 10.1. The molecule has 0 aliphatic rings. The minimum absolute atomic E-state index is 0.162. The standard InChI is InChI=1S/C11H14BN5O/c1-7-16-10(4-11(17-7)12-18-6-13)8-2-3-15-5-9(8)14/h2-5,12H,6,13-14H2,1H3. The van der Waals surface area contributed by atoms with Crippen LogP contribution in [0.25, 0.3) is 11.3 Å². The van der Waals surface area contributed by atoms with Gasteiger partial charge in [-0.1, -0.05) is 0 Å². The number of nitrogens with zero attached hydrogens (tertiary/aromatic N) is 3. The number of anilines is 1. The Morgan fingerprint density at radius 1 is 1.39 bits per heavy atom. The summed E-state index contributed by atoms with van der Waals surface area (Å²) in [6.07, 6.45) is 3.28. The van der Waals surface area contributed by atoms with Crippen LogP contribution in [0.15, 0.2) is 24.5 Å². The fourth-order valence-electron chi connectivity index (χ4n) is 1.64. The molecule has 0 atom stereocenters. The van der Waals surface area contributed by atoms with Gasteiger partial charge < -0.3 is 16.1 Å². The number of hydrogen-bond acceptors (Lipinski definition) is 6. The van der Waals surface area contributed by atoms with Crippen LogP contribution in [0.4, 0.5) is 5.69 Å². The van der Waals surface area contributed by atoms with Crippen LogP contribution in [0, 0.1) is 6.92 Å². The first-order chi connectivity index (χ1) is 8.70. The van der Waals surface area contributed by atoms with Crippen molar-refractivity contribution in [2.24, 2.45) is 5.73 Å². The zero-order valence-electron chi connectivity index (χ0n) is 10.1. The van der Waals surface area contributed by atoms with Gasteiger partial charge >= 0.3 is 7.48 Å². The second-order valence-electron chi connectivity index (χ2n) is 3.77. The van der Waals surface area contributed by atoms with Crippen LogP contribution in [0.1, 0.15) is 5.82 Å². The van der Waals surface area contributed by atoms with Gasteiger partial charge in [0, 0.05) is 17.4 Å². The molecule has 0 amide bonds. The molecule has 2 aromatic rings. The van der Waals surface area contributed by atoms with Crippen LogP contribution in [-0.2, 0) is 4.65 Å². The molecule has 0 fully saturated rings. The second-order valence-corrected chi connectivity index (χ2v) is 3.77. The third-order valence-electron chi connectivity index (χ3n) is 2.39. The van der Waals surface area contributed by atoms with E-state index >= 15 is 0 Å². The molecular weight excluding hydrogens is 229 g/mol. The largest absolute Gasteiger partial charge is 0.421 e. The van der Waals surface area contributed by atoms with E-state index in [1.165, 1.54) is 0 Å². The zero-order chi connectivity index (χ0) is 13.0. The molecule has 0 spiro atoms. The van der Waals surface area contributed by atoms with Gasteiger partial charge in [0.2, 0.25) is 0 Å². The predicted octanol–water partition coefficient (Wildman–Crippen LogP) is -0.661. The molecule has 0 unspecified atom stereocenters. The van der Waals surface area contributed by atoms with Gasteiger partial charge in [-0.3, -0.25) is 4.98 Å². The van der Waals surface area contributed by atoms with E-state index in [1.807, 2.05) is 19.1 Å². The van der Waals surface area contributed by atoms with E-state index in [9.17, 15) is 0 Å².